The van der Waals surface area contributed by atoms with Gasteiger partial charge in [-0.15, -0.1) is 10.2 Å². The van der Waals surface area contributed by atoms with Gasteiger partial charge in [0, 0.05) is 13.6 Å². The van der Waals surface area contributed by atoms with Gasteiger partial charge in [0.2, 0.25) is 11.0 Å². The quantitative estimate of drug-likeness (QED) is 0.744. The van der Waals surface area contributed by atoms with Crippen LogP contribution in [0.1, 0.15) is 46.0 Å². The molecule has 0 bridgehead atoms. The molecule has 1 amide bonds. The zero-order valence-electron chi connectivity index (χ0n) is 14.5. The maximum absolute atomic E-state index is 12.5. The first-order valence-corrected chi connectivity index (χ1v) is 10.1. The van der Waals surface area contributed by atoms with Crippen molar-refractivity contribution in [2.24, 2.45) is 5.92 Å². The summed E-state index contributed by atoms with van der Waals surface area (Å²) in [6.45, 7) is 5.12. The number of aromatic nitrogens is 2. The van der Waals surface area contributed by atoms with Gasteiger partial charge in [-0.05, 0) is 18.8 Å². The fourth-order valence-corrected chi connectivity index (χ4v) is 4.42. The minimum Gasteiger partial charge on any atom is -0.360 e. The summed E-state index contributed by atoms with van der Waals surface area (Å²) in [6, 6.07) is 2.39. The highest BCUT2D eigenvalue weighted by Crippen LogP contribution is 2.33. The number of nitrogens with one attached hydrogen (secondary N) is 1. The SMILES string of the molecule is CC(C)CNc1nnc(SCC(=O)N(C)C2(C#N)CCCCC2)s1. The van der Waals surface area contributed by atoms with E-state index < -0.39 is 5.54 Å². The summed E-state index contributed by atoms with van der Waals surface area (Å²) in [5.41, 5.74) is -0.624. The van der Waals surface area contributed by atoms with Gasteiger partial charge in [0.1, 0.15) is 5.54 Å². The highest BCUT2D eigenvalue weighted by Gasteiger charge is 2.38. The molecule has 8 heteroatoms. The van der Waals surface area contributed by atoms with Crippen LogP contribution in [0.25, 0.3) is 0 Å². The first-order valence-electron chi connectivity index (χ1n) is 8.35. The lowest BCUT2D eigenvalue weighted by Crippen LogP contribution is -2.50. The van der Waals surface area contributed by atoms with Gasteiger partial charge in [-0.2, -0.15) is 5.26 Å². The Morgan fingerprint density at radius 1 is 1.42 bits per heavy atom. The van der Waals surface area contributed by atoms with E-state index in [0.29, 0.717) is 11.7 Å². The molecule has 0 saturated heterocycles. The fourth-order valence-electron chi connectivity index (χ4n) is 2.75. The normalized spacial score (nSPS) is 16.6. The lowest BCUT2D eigenvalue weighted by molar-refractivity contribution is -0.131. The molecule has 1 aromatic rings. The zero-order valence-corrected chi connectivity index (χ0v) is 16.2. The average Bonchev–Trinajstić information content (AvgIpc) is 3.05. The molecule has 24 heavy (non-hydrogen) atoms. The second-order valence-electron chi connectivity index (χ2n) is 6.59. The highest BCUT2D eigenvalue weighted by atomic mass is 32.2. The molecule has 132 valence electrons. The van der Waals surface area contributed by atoms with Crippen LogP contribution in [0, 0.1) is 17.2 Å². The van der Waals surface area contributed by atoms with Crippen LogP contribution in [0.4, 0.5) is 5.13 Å². The van der Waals surface area contributed by atoms with Gasteiger partial charge in [0.15, 0.2) is 4.34 Å². The molecular weight excluding hydrogens is 342 g/mol. The van der Waals surface area contributed by atoms with Gasteiger partial charge in [0.05, 0.1) is 11.8 Å². The van der Waals surface area contributed by atoms with Gasteiger partial charge < -0.3 is 10.2 Å². The molecule has 6 nitrogen and oxygen atoms in total. The van der Waals surface area contributed by atoms with Crippen LogP contribution >= 0.6 is 23.1 Å². The second kappa shape index (κ2) is 8.67. The van der Waals surface area contributed by atoms with Crippen molar-refractivity contribution in [2.75, 3.05) is 24.7 Å². The van der Waals surface area contributed by atoms with Crippen LogP contribution in [0.3, 0.4) is 0 Å². The molecule has 0 aliphatic heterocycles. The Labute approximate surface area is 152 Å². The van der Waals surface area contributed by atoms with Gasteiger partial charge >= 0.3 is 0 Å². The molecule has 1 aromatic heterocycles. The molecule has 0 aromatic carbocycles. The first-order chi connectivity index (χ1) is 11.5. The molecule has 1 aliphatic rings. The number of amides is 1. The summed E-state index contributed by atoms with van der Waals surface area (Å²) in [4.78, 5) is 14.1. The Morgan fingerprint density at radius 3 is 2.75 bits per heavy atom. The van der Waals surface area contributed by atoms with Crippen molar-refractivity contribution in [3.8, 4) is 6.07 Å². The van der Waals surface area contributed by atoms with Crippen LogP contribution in [-0.4, -0.2) is 45.9 Å². The van der Waals surface area contributed by atoms with E-state index in [0.717, 1.165) is 48.1 Å². The first kappa shape index (κ1) is 19.0. The molecule has 1 heterocycles. The van der Waals surface area contributed by atoms with Crippen LogP contribution in [-0.2, 0) is 4.79 Å². The lowest BCUT2D eigenvalue weighted by Gasteiger charge is -2.38. The van der Waals surface area contributed by atoms with Crippen LogP contribution < -0.4 is 5.32 Å². The van der Waals surface area contributed by atoms with Crippen LogP contribution in [0.15, 0.2) is 4.34 Å². The minimum absolute atomic E-state index is 0.0182. The minimum atomic E-state index is -0.624. The summed E-state index contributed by atoms with van der Waals surface area (Å²) < 4.78 is 0.776. The predicted molar refractivity (Wildman–Crippen MR) is 98.2 cm³/mol. The van der Waals surface area contributed by atoms with E-state index in [1.165, 1.54) is 23.1 Å². The molecule has 1 aliphatic carbocycles. The molecule has 1 saturated carbocycles. The smallest absolute Gasteiger partial charge is 0.234 e. The van der Waals surface area contributed by atoms with Gasteiger partial charge in [0.25, 0.3) is 0 Å². The van der Waals surface area contributed by atoms with Crippen molar-refractivity contribution in [1.82, 2.24) is 15.1 Å². The summed E-state index contributed by atoms with van der Waals surface area (Å²) in [5.74, 6) is 0.812. The second-order valence-corrected chi connectivity index (χ2v) is 8.79. The Hall–Kier alpha value is -1.33. The molecule has 1 fully saturated rings. The average molecular weight is 368 g/mol. The number of thioether (sulfide) groups is 1. The molecule has 0 atom stereocenters. The molecular formula is C16H25N5OS2. The standard InChI is InChI=1S/C16H25N5OS2/c1-12(2)9-18-14-19-20-15(24-14)23-10-13(22)21(3)16(11-17)7-5-4-6-8-16/h12H,4-10H2,1-3H3,(H,18,19). The number of nitriles is 1. The number of anilines is 1. The maximum atomic E-state index is 12.5. The third-order valence-electron chi connectivity index (χ3n) is 4.29. The van der Waals surface area contributed by atoms with Crippen molar-refractivity contribution in [3.63, 3.8) is 0 Å². The number of carbonyl (C=O) groups excluding carboxylic acids is 1. The molecule has 2 rings (SSSR count). The van der Waals surface area contributed by atoms with E-state index in [1.54, 1.807) is 11.9 Å². The summed E-state index contributed by atoms with van der Waals surface area (Å²) in [7, 11) is 1.76. The van der Waals surface area contributed by atoms with E-state index in [1.807, 2.05) is 0 Å². The summed E-state index contributed by atoms with van der Waals surface area (Å²) >= 11 is 2.85. The Bertz CT molecular complexity index is 590. The number of hydrogen-bond donors (Lipinski definition) is 1. The van der Waals surface area contributed by atoms with Gasteiger partial charge in [-0.1, -0.05) is 56.2 Å². The molecule has 0 spiro atoms. The van der Waals surface area contributed by atoms with E-state index in [2.05, 4.69) is 35.4 Å². The molecule has 1 N–H and O–H groups in total. The Morgan fingerprint density at radius 2 is 2.12 bits per heavy atom. The number of hydrogen-bond acceptors (Lipinski definition) is 7. The van der Waals surface area contributed by atoms with Crippen molar-refractivity contribution in [2.45, 2.75) is 55.8 Å². The van der Waals surface area contributed by atoms with E-state index in [9.17, 15) is 10.1 Å². The number of rotatable bonds is 7. The van der Waals surface area contributed by atoms with Crippen LogP contribution in [0.2, 0.25) is 0 Å². The van der Waals surface area contributed by atoms with E-state index >= 15 is 0 Å². The van der Waals surface area contributed by atoms with Crippen LogP contribution in [0.5, 0.6) is 0 Å². The topological polar surface area (TPSA) is 81.9 Å². The molecule has 0 unspecified atom stereocenters. The Kier molecular flexibility index (Phi) is 6.87. The number of carbonyl (C=O) groups is 1. The number of nitrogens with zero attached hydrogens (tertiary/aromatic N) is 4. The Balaban J connectivity index is 1.87. The van der Waals surface area contributed by atoms with E-state index in [-0.39, 0.29) is 5.91 Å². The van der Waals surface area contributed by atoms with Crippen molar-refractivity contribution in [3.05, 3.63) is 0 Å². The highest BCUT2D eigenvalue weighted by molar-refractivity contribution is 8.01. The third kappa shape index (κ3) is 4.84. The monoisotopic (exact) mass is 367 g/mol. The van der Waals surface area contributed by atoms with Gasteiger partial charge in [-0.3, -0.25) is 4.79 Å². The summed E-state index contributed by atoms with van der Waals surface area (Å²) in [5, 5.41) is 21.8. The fraction of sp³-hybridized carbons (Fsp3) is 0.750. The lowest BCUT2D eigenvalue weighted by atomic mass is 9.81. The van der Waals surface area contributed by atoms with Crippen molar-refractivity contribution >= 4 is 34.1 Å². The van der Waals surface area contributed by atoms with E-state index in [4.69, 9.17) is 0 Å². The maximum Gasteiger partial charge on any atom is 0.234 e. The zero-order chi connectivity index (χ0) is 17.6. The van der Waals surface area contributed by atoms with Crippen molar-refractivity contribution in [1.29, 1.82) is 5.26 Å². The van der Waals surface area contributed by atoms with Gasteiger partial charge in [-0.25, -0.2) is 0 Å². The predicted octanol–water partition coefficient (Wildman–Crippen LogP) is 3.38. The third-order valence-corrected chi connectivity index (χ3v) is 6.29. The van der Waals surface area contributed by atoms with Crippen molar-refractivity contribution < 1.29 is 4.79 Å². The summed E-state index contributed by atoms with van der Waals surface area (Å²) in [6.07, 6.45) is 4.73. The molecule has 0 radical (unpaired) electrons. The largest absolute Gasteiger partial charge is 0.360 e.